The minimum absolute atomic E-state index is 0.211. The van der Waals surface area contributed by atoms with Crippen molar-refractivity contribution in [2.45, 2.75) is 52.5 Å². The van der Waals surface area contributed by atoms with Crippen LogP contribution in [0.15, 0.2) is 12.1 Å². The normalized spacial score (nSPS) is 16.3. The Balaban J connectivity index is 2.33. The molecule has 1 aliphatic rings. The second-order valence-corrected chi connectivity index (χ2v) is 6.14. The molecule has 0 amide bonds. The quantitative estimate of drug-likeness (QED) is 0.829. The number of nitrogens with two attached hydrogens (primary N) is 1. The van der Waals surface area contributed by atoms with Crippen LogP contribution < -0.4 is 10.6 Å². The number of hydrogen-bond acceptors (Lipinski definition) is 2. The van der Waals surface area contributed by atoms with E-state index >= 15 is 0 Å². The molecule has 0 radical (unpaired) electrons. The molecule has 0 aliphatic heterocycles. The average molecular weight is 264 g/mol. The first-order valence-electron chi connectivity index (χ1n) is 7.31. The van der Waals surface area contributed by atoms with Crippen LogP contribution in [0.25, 0.3) is 0 Å². The third kappa shape index (κ3) is 3.20. The van der Waals surface area contributed by atoms with Crippen molar-refractivity contribution in [1.82, 2.24) is 0 Å². The molecule has 1 aliphatic carbocycles. The minimum atomic E-state index is -0.211. The summed E-state index contributed by atoms with van der Waals surface area (Å²) in [6, 6.07) is 3.94. The zero-order valence-electron chi connectivity index (χ0n) is 12.2. The van der Waals surface area contributed by atoms with Crippen LogP contribution in [0.4, 0.5) is 15.8 Å². The molecule has 2 rings (SSSR count). The SMILES string of the molecule is Cc1cc(N(CC(C)C)C2CCCC2)c(N)cc1F. The van der Waals surface area contributed by atoms with Crippen molar-refractivity contribution in [1.29, 1.82) is 0 Å². The highest BCUT2D eigenvalue weighted by Gasteiger charge is 2.25. The van der Waals surface area contributed by atoms with E-state index in [0.717, 1.165) is 12.2 Å². The molecule has 1 fully saturated rings. The van der Waals surface area contributed by atoms with Gasteiger partial charge in [-0.1, -0.05) is 26.7 Å². The van der Waals surface area contributed by atoms with Crippen molar-refractivity contribution in [3.63, 3.8) is 0 Å². The minimum Gasteiger partial charge on any atom is -0.397 e. The van der Waals surface area contributed by atoms with Crippen LogP contribution in [0.3, 0.4) is 0 Å². The van der Waals surface area contributed by atoms with Gasteiger partial charge in [0.05, 0.1) is 11.4 Å². The number of rotatable bonds is 4. The number of hydrogen-bond donors (Lipinski definition) is 1. The molecule has 0 atom stereocenters. The fraction of sp³-hybridized carbons (Fsp3) is 0.625. The Hall–Kier alpha value is -1.25. The molecular weight excluding hydrogens is 239 g/mol. The van der Waals surface area contributed by atoms with Gasteiger partial charge in [0.1, 0.15) is 5.82 Å². The summed E-state index contributed by atoms with van der Waals surface area (Å²) in [5.74, 6) is 0.363. The lowest BCUT2D eigenvalue weighted by atomic mass is 10.1. The summed E-state index contributed by atoms with van der Waals surface area (Å²) in [5, 5.41) is 0. The number of anilines is 2. The number of halogens is 1. The predicted molar refractivity (Wildman–Crippen MR) is 80.0 cm³/mol. The summed E-state index contributed by atoms with van der Waals surface area (Å²) >= 11 is 0. The van der Waals surface area contributed by atoms with Crippen molar-refractivity contribution < 1.29 is 4.39 Å². The number of nitrogens with zero attached hydrogens (tertiary/aromatic N) is 1. The van der Waals surface area contributed by atoms with Crippen LogP contribution in [0.2, 0.25) is 0 Å². The molecule has 0 spiro atoms. The second-order valence-electron chi connectivity index (χ2n) is 6.14. The van der Waals surface area contributed by atoms with Crippen molar-refractivity contribution in [3.8, 4) is 0 Å². The van der Waals surface area contributed by atoms with E-state index in [1.54, 1.807) is 6.92 Å². The van der Waals surface area contributed by atoms with Crippen molar-refractivity contribution in [2.75, 3.05) is 17.2 Å². The summed E-state index contributed by atoms with van der Waals surface area (Å²) in [4.78, 5) is 2.40. The molecule has 1 aromatic carbocycles. The highest BCUT2D eigenvalue weighted by molar-refractivity contribution is 5.69. The third-order valence-corrected chi connectivity index (χ3v) is 3.94. The number of aryl methyl sites for hydroxylation is 1. The summed E-state index contributed by atoms with van der Waals surface area (Å²) in [6.45, 7) is 7.23. The molecule has 19 heavy (non-hydrogen) atoms. The molecule has 106 valence electrons. The van der Waals surface area contributed by atoms with E-state index in [4.69, 9.17) is 5.73 Å². The molecule has 1 saturated carbocycles. The van der Waals surface area contributed by atoms with Crippen LogP contribution in [-0.4, -0.2) is 12.6 Å². The van der Waals surface area contributed by atoms with Gasteiger partial charge in [-0.05, 0) is 43.4 Å². The molecule has 3 heteroatoms. The molecule has 0 saturated heterocycles. The van der Waals surface area contributed by atoms with Crippen molar-refractivity contribution in [2.24, 2.45) is 5.92 Å². The van der Waals surface area contributed by atoms with E-state index in [-0.39, 0.29) is 5.82 Å². The Morgan fingerprint density at radius 3 is 2.53 bits per heavy atom. The van der Waals surface area contributed by atoms with E-state index in [1.165, 1.54) is 31.7 Å². The molecular formula is C16H25FN2. The smallest absolute Gasteiger partial charge is 0.128 e. The Morgan fingerprint density at radius 2 is 1.95 bits per heavy atom. The number of benzene rings is 1. The number of nitrogen functional groups attached to an aromatic ring is 1. The van der Waals surface area contributed by atoms with E-state index in [1.807, 2.05) is 6.07 Å². The van der Waals surface area contributed by atoms with Crippen LogP contribution in [0, 0.1) is 18.7 Å². The topological polar surface area (TPSA) is 29.3 Å². The van der Waals surface area contributed by atoms with Gasteiger partial charge in [0.25, 0.3) is 0 Å². The van der Waals surface area contributed by atoms with Crippen LogP contribution >= 0.6 is 0 Å². The van der Waals surface area contributed by atoms with Gasteiger partial charge in [-0.25, -0.2) is 4.39 Å². The lowest BCUT2D eigenvalue weighted by Crippen LogP contribution is -2.36. The van der Waals surface area contributed by atoms with Crippen molar-refractivity contribution >= 4 is 11.4 Å². The van der Waals surface area contributed by atoms with Crippen molar-refractivity contribution in [3.05, 3.63) is 23.5 Å². The molecule has 2 N–H and O–H groups in total. The third-order valence-electron chi connectivity index (χ3n) is 3.94. The van der Waals surface area contributed by atoms with Gasteiger partial charge in [0, 0.05) is 12.6 Å². The zero-order valence-corrected chi connectivity index (χ0v) is 12.2. The Bertz CT molecular complexity index is 437. The summed E-state index contributed by atoms with van der Waals surface area (Å²) < 4.78 is 13.6. The van der Waals surface area contributed by atoms with E-state index < -0.39 is 0 Å². The fourth-order valence-electron chi connectivity index (χ4n) is 2.98. The average Bonchev–Trinajstić information content (AvgIpc) is 2.84. The molecule has 0 unspecified atom stereocenters. The van der Waals surface area contributed by atoms with Gasteiger partial charge in [-0.15, -0.1) is 0 Å². The summed E-state index contributed by atoms with van der Waals surface area (Å²) in [6.07, 6.45) is 5.03. The molecule has 1 aromatic rings. The molecule has 2 nitrogen and oxygen atoms in total. The largest absolute Gasteiger partial charge is 0.397 e. The Kier molecular flexibility index (Phi) is 4.33. The van der Waals surface area contributed by atoms with Gasteiger partial charge in [0.2, 0.25) is 0 Å². The highest BCUT2D eigenvalue weighted by Crippen LogP contribution is 2.33. The summed E-state index contributed by atoms with van der Waals surface area (Å²) in [7, 11) is 0. The monoisotopic (exact) mass is 264 g/mol. The first-order valence-corrected chi connectivity index (χ1v) is 7.31. The lowest BCUT2D eigenvalue weighted by molar-refractivity contribution is 0.535. The van der Waals surface area contributed by atoms with Gasteiger partial charge in [-0.3, -0.25) is 0 Å². The van der Waals surface area contributed by atoms with Gasteiger partial charge in [0.15, 0.2) is 0 Å². The molecule has 0 aromatic heterocycles. The highest BCUT2D eigenvalue weighted by atomic mass is 19.1. The summed E-state index contributed by atoms with van der Waals surface area (Å²) in [5.41, 5.74) is 8.31. The van der Waals surface area contributed by atoms with Gasteiger partial charge in [-0.2, -0.15) is 0 Å². The van der Waals surface area contributed by atoms with Gasteiger partial charge >= 0.3 is 0 Å². The Morgan fingerprint density at radius 1 is 1.32 bits per heavy atom. The maximum atomic E-state index is 13.6. The first-order chi connectivity index (χ1) is 8.99. The zero-order chi connectivity index (χ0) is 14.0. The Labute approximate surface area is 115 Å². The van der Waals surface area contributed by atoms with Crippen LogP contribution in [0.1, 0.15) is 45.1 Å². The maximum absolute atomic E-state index is 13.6. The predicted octanol–water partition coefficient (Wildman–Crippen LogP) is 4.12. The van der Waals surface area contributed by atoms with Crippen LogP contribution in [-0.2, 0) is 0 Å². The fourth-order valence-corrected chi connectivity index (χ4v) is 2.98. The van der Waals surface area contributed by atoms with E-state index in [0.29, 0.717) is 23.2 Å². The second kappa shape index (κ2) is 5.81. The van der Waals surface area contributed by atoms with Gasteiger partial charge < -0.3 is 10.6 Å². The van der Waals surface area contributed by atoms with Crippen LogP contribution in [0.5, 0.6) is 0 Å². The first kappa shape index (κ1) is 14.2. The lowest BCUT2D eigenvalue weighted by Gasteiger charge is -2.34. The van der Waals surface area contributed by atoms with E-state index in [9.17, 15) is 4.39 Å². The van der Waals surface area contributed by atoms with E-state index in [2.05, 4.69) is 18.7 Å². The molecule has 0 bridgehead atoms. The maximum Gasteiger partial charge on any atom is 0.128 e. The standard InChI is InChI=1S/C16H25FN2/c1-11(2)10-19(13-6-4-5-7-13)16-8-12(3)14(17)9-15(16)18/h8-9,11,13H,4-7,10,18H2,1-3H3. The molecule has 0 heterocycles.